The van der Waals surface area contributed by atoms with E-state index in [1.165, 1.54) is 66.7 Å². The predicted molar refractivity (Wildman–Crippen MR) is 155 cm³/mol. The van der Waals surface area contributed by atoms with Gasteiger partial charge in [0.25, 0.3) is 0 Å². The number of esters is 2. The molecule has 41 heavy (non-hydrogen) atoms. The number of anilines is 1. The van der Waals surface area contributed by atoms with Crippen molar-refractivity contribution in [3.8, 4) is 11.5 Å². The monoisotopic (exact) mass is 609 g/mol. The molecule has 0 aliphatic rings. The van der Waals surface area contributed by atoms with Gasteiger partial charge < -0.3 is 14.8 Å². The molecule has 0 aromatic heterocycles. The first-order valence-corrected chi connectivity index (χ1v) is 12.8. The van der Waals surface area contributed by atoms with E-state index in [0.29, 0.717) is 20.8 Å². The molecule has 0 radical (unpaired) electrons. The summed E-state index contributed by atoms with van der Waals surface area (Å²) in [5, 5.41) is 7.54. The Morgan fingerprint density at radius 3 is 1.71 bits per heavy atom. The molecule has 2 amide bonds. The van der Waals surface area contributed by atoms with Crippen LogP contribution in [0.5, 0.6) is 11.5 Å². The highest BCUT2D eigenvalue weighted by atomic mass is 35.5. The van der Waals surface area contributed by atoms with Crippen molar-refractivity contribution in [1.29, 1.82) is 0 Å². The van der Waals surface area contributed by atoms with Gasteiger partial charge in [-0.25, -0.2) is 15.0 Å². The van der Waals surface area contributed by atoms with E-state index >= 15 is 0 Å². The quantitative estimate of drug-likeness (QED) is 0.0848. The lowest BCUT2D eigenvalue weighted by molar-refractivity contribution is -0.136. The summed E-state index contributed by atoms with van der Waals surface area (Å²) in [5.41, 5.74) is 3.13. The average Bonchev–Trinajstić information content (AvgIpc) is 2.96. The molecule has 12 heteroatoms. The highest BCUT2D eigenvalue weighted by Crippen LogP contribution is 2.26. The average molecular weight is 611 g/mol. The Labute approximate surface area is 248 Å². The van der Waals surface area contributed by atoms with Crippen molar-refractivity contribution in [2.45, 2.75) is 0 Å². The number of amides is 2. The van der Waals surface area contributed by atoms with E-state index in [0.717, 1.165) is 6.21 Å². The molecular formula is C29H18Cl3N3O6. The van der Waals surface area contributed by atoms with E-state index < -0.39 is 23.8 Å². The van der Waals surface area contributed by atoms with E-state index in [1.807, 2.05) is 0 Å². The molecule has 4 aromatic rings. The minimum absolute atomic E-state index is 0.0463. The summed E-state index contributed by atoms with van der Waals surface area (Å²) >= 11 is 17.6. The van der Waals surface area contributed by atoms with Gasteiger partial charge in [-0.1, -0.05) is 34.8 Å². The topological polar surface area (TPSA) is 123 Å². The van der Waals surface area contributed by atoms with Gasteiger partial charge in [-0.15, -0.1) is 0 Å². The van der Waals surface area contributed by atoms with E-state index in [9.17, 15) is 19.2 Å². The highest BCUT2D eigenvalue weighted by molar-refractivity contribution is 6.39. The second kappa shape index (κ2) is 13.6. The van der Waals surface area contributed by atoms with Gasteiger partial charge in [-0.2, -0.15) is 5.10 Å². The van der Waals surface area contributed by atoms with Crippen molar-refractivity contribution in [3.05, 3.63) is 123 Å². The molecule has 0 bridgehead atoms. The molecule has 0 atom stereocenters. The van der Waals surface area contributed by atoms with Gasteiger partial charge in [0, 0.05) is 32.4 Å². The van der Waals surface area contributed by atoms with Crippen LogP contribution in [-0.2, 0) is 9.59 Å². The fraction of sp³-hybridized carbons (Fsp3) is 0. The van der Waals surface area contributed by atoms with Gasteiger partial charge in [0.15, 0.2) is 0 Å². The maximum Gasteiger partial charge on any atom is 0.343 e. The van der Waals surface area contributed by atoms with Crippen LogP contribution in [0.1, 0.15) is 26.3 Å². The summed E-state index contributed by atoms with van der Waals surface area (Å²) < 4.78 is 10.9. The van der Waals surface area contributed by atoms with Gasteiger partial charge >= 0.3 is 23.8 Å². The fourth-order valence-electron chi connectivity index (χ4n) is 3.20. The second-order valence-electron chi connectivity index (χ2n) is 8.15. The summed E-state index contributed by atoms with van der Waals surface area (Å²) in [6.07, 6.45) is 1.16. The minimum atomic E-state index is -1.05. The molecule has 0 saturated carbocycles. The largest absolute Gasteiger partial charge is 0.423 e. The van der Waals surface area contributed by atoms with Crippen LogP contribution in [0.3, 0.4) is 0 Å². The number of rotatable bonds is 7. The SMILES string of the molecule is O=C(N/N=C\c1ccc(OC(=O)c2ccc(Cl)cc2)cc1OC(=O)c1ccc(Cl)cc1)C(=O)Nc1ccc(Cl)cc1. The van der Waals surface area contributed by atoms with Crippen LogP contribution in [0, 0.1) is 0 Å². The number of nitrogens with one attached hydrogen (secondary N) is 2. The zero-order valence-corrected chi connectivity index (χ0v) is 23.0. The first kappa shape index (κ1) is 29.3. The van der Waals surface area contributed by atoms with E-state index in [2.05, 4.69) is 15.8 Å². The maximum absolute atomic E-state index is 12.8. The van der Waals surface area contributed by atoms with E-state index in [4.69, 9.17) is 44.3 Å². The van der Waals surface area contributed by atoms with Gasteiger partial charge in [0.05, 0.1) is 17.3 Å². The molecule has 0 spiro atoms. The Morgan fingerprint density at radius 2 is 1.15 bits per heavy atom. The molecule has 2 N–H and O–H groups in total. The molecule has 0 aliphatic heterocycles. The summed E-state index contributed by atoms with van der Waals surface area (Å²) in [4.78, 5) is 49.7. The lowest BCUT2D eigenvalue weighted by atomic mass is 10.2. The number of benzene rings is 4. The maximum atomic E-state index is 12.8. The van der Waals surface area contributed by atoms with Gasteiger partial charge in [-0.3, -0.25) is 9.59 Å². The first-order chi connectivity index (χ1) is 19.7. The second-order valence-corrected chi connectivity index (χ2v) is 9.46. The van der Waals surface area contributed by atoms with Crippen LogP contribution in [0.25, 0.3) is 0 Å². The van der Waals surface area contributed by atoms with Crippen molar-refractivity contribution in [2.75, 3.05) is 5.32 Å². The third-order valence-electron chi connectivity index (χ3n) is 5.24. The van der Waals surface area contributed by atoms with Crippen molar-refractivity contribution >= 4 is 70.5 Å². The van der Waals surface area contributed by atoms with Crippen molar-refractivity contribution < 1.29 is 28.7 Å². The normalized spacial score (nSPS) is 10.6. The summed E-state index contributed by atoms with van der Waals surface area (Å²) in [7, 11) is 0. The molecule has 4 aromatic carbocycles. The molecule has 9 nitrogen and oxygen atoms in total. The zero-order chi connectivity index (χ0) is 29.4. The van der Waals surface area contributed by atoms with Crippen LogP contribution in [0.2, 0.25) is 15.1 Å². The molecule has 0 heterocycles. The molecule has 0 saturated heterocycles. The molecule has 0 aliphatic carbocycles. The van der Waals surface area contributed by atoms with Gasteiger partial charge in [0.2, 0.25) is 0 Å². The van der Waals surface area contributed by atoms with E-state index in [1.54, 1.807) is 24.3 Å². The van der Waals surface area contributed by atoms with Gasteiger partial charge in [0.1, 0.15) is 11.5 Å². The fourth-order valence-corrected chi connectivity index (χ4v) is 3.58. The van der Waals surface area contributed by atoms with Crippen LogP contribution >= 0.6 is 34.8 Å². The summed E-state index contributed by atoms with van der Waals surface area (Å²) in [6.45, 7) is 0. The minimum Gasteiger partial charge on any atom is -0.423 e. The Kier molecular flexibility index (Phi) is 9.70. The van der Waals surface area contributed by atoms with Crippen LogP contribution in [-0.4, -0.2) is 30.0 Å². The summed E-state index contributed by atoms with van der Waals surface area (Å²) in [5.74, 6) is -3.41. The van der Waals surface area contributed by atoms with Crippen LogP contribution in [0.15, 0.2) is 96.1 Å². The number of ether oxygens (including phenoxy) is 2. The number of hydrazone groups is 1. The van der Waals surface area contributed by atoms with Crippen LogP contribution < -0.4 is 20.2 Å². The molecule has 4 rings (SSSR count). The smallest absolute Gasteiger partial charge is 0.343 e. The molecule has 0 unspecified atom stereocenters. The number of nitrogens with zero attached hydrogens (tertiary/aromatic N) is 1. The highest BCUT2D eigenvalue weighted by Gasteiger charge is 2.16. The van der Waals surface area contributed by atoms with Crippen molar-refractivity contribution in [3.63, 3.8) is 0 Å². The number of hydrogen-bond acceptors (Lipinski definition) is 7. The standard InChI is InChI=1S/C29H18Cl3N3O6/c30-20-6-1-17(2-7-20)28(38)40-24-14-5-19(25(15-24)41-29(39)18-3-8-21(31)9-4-18)16-33-35-27(37)26(36)34-23-12-10-22(32)11-13-23/h1-16H,(H,34,36)(H,35,37)/b33-16-. The first-order valence-electron chi connectivity index (χ1n) is 11.7. The Balaban J connectivity index is 1.51. The molecule has 206 valence electrons. The third-order valence-corrected chi connectivity index (χ3v) is 5.99. The number of hydrogen-bond donors (Lipinski definition) is 2. The zero-order valence-electron chi connectivity index (χ0n) is 20.8. The predicted octanol–water partition coefficient (Wildman–Crippen LogP) is 6.17. The molecule has 0 fully saturated rings. The van der Waals surface area contributed by atoms with Crippen molar-refractivity contribution in [1.82, 2.24) is 5.43 Å². The Hall–Kier alpha value is -4.70. The van der Waals surface area contributed by atoms with Crippen molar-refractivity contribution in [2.24, 2.45) is 5.10 Å². The Morgan fingerprint density at radius 1 is 0.634 bits per heavy atom. The summed E-state index contributed by atoms with van der Waals surface area (Å²) in [6, 6.07) is 22.4. The lowest BCUT2D eigenvalue weighted by Crippen LogP contribution is -2.32. The number of carbonyl (C=O) groups excluding carboxylic acids is 4. The van der Waals surface area contributed by atoms with Gasteiger partial charge in [-0.05, 0) is 84.9 Å². The number of halogens is 3. The number of carbonyl (C=O) groups is 4. The third kappa shape index (κ3) is 8.39. The lowest BCUT2D eigenvalue weighted by Gasteiger charge is -2.11. The van der Waals surface area contributed by atoms with E-state index in [-0.39, 0.29) is 28.2 Å². The Bertz CT molecular complexity index is 1620. The molecular weight excluding hydrogens is 593 g/mol. The van der Waals surface area contributed by atoms with Crippen LogP contribution in [0.4, 0.5) is 5.69 Å².